The molecular formula is C22H19ClN4O. The van der Waals surface area contributed by atoms with Gasteiger partial charge in [-0.1, -0.05) is 30.3 Å². The van der Waals surface area contributed by atoms with Crippen molar-refractivity contribution < 1.29 is 4.79 Å². The van der Waals surface area contributed by atoms with Gasteiger partial charge in [0.25, 0.3) is 5.91 Å². The third-order valence-electron chi connectivity index (χ3n) is 4.27. The zero-order valence-corrected chi connectivity index (χ0v) is 15.8. The van der Waals surface area contributed by atoms with Crippen LogP contribution in [0.4, 0.5) is 11.5 Å². The SMILES string of the molecule is Cl.O=C(Nc1ccc2ccccc2c1)c1cccnc1NCc1ccncc1. The van der Waals surface area contributed by atoms with Crippen LogP contribution in [0, 0.1) is 0 Å². The molecule has 0 bridgehead atoms. The summed E-state index contributed by atoms with van der Waals surface area (Å²) in [6.07, 6.45) is 5.15. The molecule has 2 aromatic carbocycles. The third-order valence-corrected chi connectivity index (χ3v) is 4.27. The molecule has 4 rings (SSSR count). The second-order valence-corrected chi connectivity index (χ2v) is 6.12. The number of carbonyl (C=O) groups is 1. The van der Waals surface area contributed by atoms with Gasteiger partial charge in [-0.2, -0.15) is 0 Å². The molecule has 6 heteroatoms. The minimum Gasteiger partial charge on any atom is -0.365 e. The number of carbonyl (C=O) groups excluding carboxylic acids is 1. The van der Waals surface area contributed by atoms with Gasteiger partial charge in [-0.3, -0.25) is 9.78 Å². The molecule has 0 saturated heterocycles. The number of halogens is 1. The molecule has 0 aliphatic carbocycles. The highest BCUT2D eigenvalue weighted by molar-refractivity contribution is 6.08. The molecule has 0 aliphatic rings. The van der Waals surface area contributed by atoms with Gasteiger partial charge in [-0.05, 0) is 52.7 Å². The van der Waals surface area contributed by atoms with Gasteiger partial charge in [0.2, 0.25) is 0 Å². The van der Waals surface area contributed by atoms with Crippen LogP contribution < -0.4 is 10.6 Å². The van der Waals surface area contributed by atoms with Crippen LogP contribution in [0.15, 0.2) is 85.3 Å². The fourth-order valence-electron chi connectivity index (χ4n) is 2.88. The van der Waals surface area contributed by atoms with Crippen LogP contribution in [-0.2, 0) is 6.54 Å². The fraction of sp³-hybridized carbons (Fsp3) is 0.0455. The van der Waals surface area contributed by atoms with Crippen LogP contribution in [0.1, 0.15) is 15.9 Å². The first-order valence-electron chi connectivity index (χ1n) is 8.67. The van der Waals surface area contributed by atoms with Crippen molar-refractivity contribution in [2.45, 2.75) is 6.54 Å². The molecule has 0 spiro atoms. The van der Waals surface area contributed by atoms with Gasteiger partial charge in [-0.15, -0.1) is 12.4 Å². The number of hydrogen-bond acceptors (Lipinski definition) is 4. The molecule has 5 nitrogen and oxygen atoms in total. The zero-order chi connectivity index (χ0) is 18.5. The Bertz CT molecular complexity index is 1090. The summed E-state index contributed by atoms with van der Waals surface area (Å²) in [6, 6.07) is 21.3. The number of fused-ring (bicyclic) bond motifs is 1. The maximum absolute atomic E-state index is 12.8. The number of hydrogen-bond donors (Lipinski definition) is 2. The van der Waals surface area contributed by atoms with Crippen molar-refractivity contribution in [1.29, 1.82) is 0 Å². The second-order valence-electron chi connectivity index (χ2n) is 6.12. The Kier molecular flexibility index (Phi) is 6.19. The Hall–Kier alpha value is -3.44. The normalized spacial score (nSPS) is 10.1. The second kappa shape index (κ2) is 8.97. The van der Waals surface area contributed by atoms with Crippen LogP contribution >= 0.6 is 12.4 Å². The Morgan fingerprint density at radius 3 is 2.46 bits per heavy atom. The Balaban J connectivity index is 0.00000225. The van der Waals surface area contributed by atoms with E-state index in [1.807, 2.05) is 54.6 Å². The van der Waals surface area contributed by atoms with E-state index in [1.165, 1.54) is 0 Å². The topological polar surface area (TPSA) is 66.9 Å². The molecule has 2 aromatic heterocycles. The predicted octanol–water partition coefficient (Wildman–Crippen LogP) is 4.92. The molecule has 2 N–H and O–H groups in total. The van der Waals surface area contributed by atoms with Gasteiger partial charge in [-0.25, -0.2) is 4.98 Å². The standard InChI is InChI=1S/C22H18N4O.ClH/c27-22(26-19-8-7-17-4-1-2-5-18(17)14-19)20-6-3-11-24-21(20)25-15-16-9-12-23-13-10-16;/h1-14H,15H2,(H,24,25)(H,26,27);1H. The van der Waals surface area contributed by atoms with Gasteiger partial charge in [0.05, 0.1) is 5.56 Å². The van der Waals surface area contributed by atoms with Crippen molar-refractivity contribution in [2.75, 3.05) is 10.6 Å². The van der Waals surface area contributed by atoms with Gasteiger partial charge in [0.15, 0.2) is 0 Å². The minimum atomic E-state index is -0.199. The van der Waals surface area contributed by atoms with Crippen molar-refractivity contribution >= 4 is 40.6 Å². The van der Waals surface area contributed by atoms with Gasteiger partial charge < -0.3 is 10.6 Å². The maximum Gasteiger partial charge on any atom is 0.259 e. The third kappa shape index (κ3) is 4.45. The maximum atomic E-state index is 12.8. The minimum absolute atomic E-state index is 0. The lowest BCUT2D eigenvalue weighted by atomic mass is 10.1. The zero-order valence-electron chi connectivity index (χ0n) is 15.0. The van der Waals surface area contributed by atoms with E-state index in [1.54, 1.807) is 30.7 Å². The number of pyridine rings is 2. The summed E-state index contributed by atoms with van der Waals surface area (Å²) in [5, 5.41) is 8.40. The molecule has 0 saturated carbocycles. The largest absolute Gasteiger partial charge is 0.365 e. The molecule has 0 atom stereocenters. The van der Waals surface area contributed by atoms with Gasteiger partial charge >= 0.3 is 0 Å². The van der Waals surface area contributed by atoms with E-state index in [4.69, 9.17) is 0 Å². The first kappa shape index (κ1) is 19.3. The number of nitrogens with zero attached hydrogens (tertiary/aromatic N) is 2. The average molecular weight is 391 g/mol. The van der Waals surface area contributed by atoms with Crippen molar-refractivity contribution in [3.8, 4) is 0 Å². The Morgan fingerprint density at radius 2 is 1.64 bits per heavy atom. The van der Waals surface area contributed by atoms with E-state index in [0.29, 0.717) is 17.9 Å². The molecule has 0 unspecified atom stereocenters. The van der Waals surface area contributed by atoms with Crippen molar-refractivity contribution in [1.82, 2.24) is 9.97 Å². The van der Waals surface area contributed by atoms with Crippen LogP contribution in [0.2, 0.25) is 0 Å². The summed E-state index contributed by atoms with van der Waals surface area (Å²) < 4.78 is 0. The number of rotatable bonds is 5. The van der Waals surface area contributed by atoms with Crippen LogP contribution in [0.5, 0.6) is 0 Å². The van der Waals surface area contributed by atoms with Crippen LogP contribution in [0.25, 0.3) is 10.8 Å². The van der Waals surface area contributed by atoms with Crippen molar-refractivity contribution in [2.24, 2.45) is 0 Å². The van der Waals surface area contributed by atoms with Crippen LogP contribution in [-0.4, -0.2) is 15.9 Å². The molecule has 0 radical (unpaired) electrons. The number of nitrogens with one attached hydrogen (secondary N) is 2. The summed E-state index contributed by atoms with van der Waals surface area (Å²) >= 11 is 0. The van der Waals surface area contributed by atoms with E-state index in [-0.39, 0.29) is 18.3 Å². The fourth-order valence-corrected chi connectivity index (χ4v) is 2.88. The van der Waals surface area contributed by atoms with Gasteiger partial charge in [0.1, 0.15) is 5.82 Å². The lowest BCUT2D eigenvalue weighted by molar-refractivity contribution is 0.102. The highest BCUT2D eigenvalue weighted by atomic mass is 35.5. The lowest BCUT2D eigenvalue weighted by Gasteiger charge is -2.11. The van der Waals surface area contributed by atoms with E-state index < -0.39 is 0 Å². The molecule has 1 amide bonds. The smallest absolute Gasteiger partial charge is 0.259 e. The summed E-state index contributed by atoms with van der Waals surface area (Å²) in [4.78, 5) is 21.1. The highest BCUT2D eigenvalue weighted by Crippen LogP contribution is 2.21. The van der Waals surface area contributed by atoms with Crippen molar-refractivity contribution in [3.05, 3.63) is 96.4 Å². The molecule has 2 heterocycles. The summed E-state index contributed by atoms with van der Waals surface area (Å²) in [5.41, 5.74) is 2.32. The van der Waals surface area contributed by atoms with Crippen molar-refractivity contribution in [3.63, 3.8) is 0 Å². The average Bonchev–Trinajstić information content (AvgIpc) is 2.73. The molecule has 0 fully saturated rings. The van der Waals surface area contributed by atoms with E-state index in [9.17, 15) is 4.79 Å². The number of anilines is 2. The first-order chi connectivity index (χ1) is 13.3. The summed E-state index contributed by atoms with van der Waals surface area (Å²) in [5.74, 6) is 0.350. The Morgan fingerprint density at radius 1 is 0.857 bits per heavy atom. The Labute approximate surface area is 169 Å². The molecule has 28 heavy (non-hydrogen) atoms. The highest BCUT2D eigenvalue weighted by Gasteiger charge is 2.12. The predicted molar refractivity (Wildman–Crippen MR) is 115 cm³/mol. The quantitative estimate of drug-likeness (QED) is 0.507. The molecule has 0 aliphatic heterocycles. The van der Waals surface area contributed by atoms with Crippen LogP contribution in [0.3, 0.4) is 0 Å². The summed E-state index contributed by atoms with van der Waals surface area (Å²) in [7, 11) is 0. The lowest BCUT2D eigenvalue weighted by Crippen LogP contribution is -2.15. The number of amides is 1. The van der Waals surface area contributed by atoms with Gasteiger partial charge in [0, 0.05) is 30.8 Å². The molecule has 4 aromatic rings. The van der Waals surface area contributed by atoms with E-state index >= 15 is 0 Å². The summed E-state index contributed by atoms with van der Waals surface area (Å²) in [6.45, 7) is 0.565. The van der Waals surface area contributed by atoms with E-state index in [0.717, 1.165) is 22.0 Å². The number of benzene rings is 2. The van der Waals surface area contributed by atoms with E-state index in [2.05, 4.69) is 20.6 Å². The first-order valence-corrected chi connectivity index (χ1v) is 8.67. The molecular weight excluding hydrogens is 372 g/mol. The number of aromatic nitrogens is 2. The monoisotopic (exact) mass is 390 g/mol. The molecule has 140 valence electrons.